The molecule has 532 valence electrons. The molecule has 7 fully saturated rings. The van der Waals surface area contributed by atoms with Gasteiger partial charge in [-0.05, 0) is 186 Å². The molecule has 0 amide bonds. The van der Waals surface area contributed by atoms with E-state index in [0.29, 0.717) is 54.1 Å². The molecule has 7 rings (SSSR count). The molecule has 0 atom stereocenters. The van der Waals surface area contributed by atoms with E-state index in [4.69, 9.17) is 0 Å². The van der Waals surface area contributed by atoms with Gasteiger partial charge >= 0.3 is 0 Å². The van der Waals surface area contributed by atoms with E-state index in [-0.39, 0.29) is 0 Å². The van der Waals surface area contributed by atoms with Gasteiger partial charge in [0, 0.05) is 13.1 Å². The fourth-order valence-electron chi connectivity index (χ4n) is 15.7. The van der Waals surface area contributed by atoms with Gasteiger partial charge in [-0.15, -0.1) is 0 Å². The largest absolute Gasteiger partial charge is 0.303 e. The van der Waals surface area contributed by atoms with Crippen molar-refractivity contribution >= 4 is 0 Å². The Hall–Kier alpha value is -0.0800. The number of hydrogen-bond acceptors (Lipinski definition) is 2. The van der Waals surface area contributed by atoms with E-state index in [0.717, 1.165) is 35.5 Å². The summed E-state index contributed by atoms with van der Waals surface area (Å²) in [6, 6.07) is 0. The topological polar surface area (TPSA) is 6.48 Å². The molecule has 88 heavy (non-hydrogen) atoms. The first-order valence-electron chi connectivity index (χ1n) is 39.1. The minimum atomic E-state index is 0.483. The van der Waals surface area contributed by atoms with Crippen LogP contribution >= 0.6 is 0 Å². The summed E-state index contributed by atoms with van der Waals surface area (Å²) in [5, 5.41) is 0. The molecule has 2 heterocycles. The number of nitrogens with zero attached hydrogens (tertiary/aromatic N) is 2. The average molecular weight is 1240 g/mol. The van der Waals surface area contributed by atoms with Crippen LogP contribution < -0.4 is 0 Å². The van der Waals surface area contributed by atoms with E-state index in [2.05, 4.69) is 231 Å². The van der Waals surface area contributed by atoms with Crippen molar-refractivity contribution in [3.8, 4) is 0 Å². The van der Waals surface area contributed by atoms with Gasteiger partial charge in [-0.25, -0.2) is 0 Å². The Balaban J connectivity index is 0. The van der Waals surface area contributed by atoms with Crippen LogP contribution in [-0.4, -0.2) is 49.1 Å². The highest BCUT2D eigenvalue weighted by atomic mass is 15.1. The molecule has 2 aliphatic heterocycles. The Morgan fingerprint density at radius 3 is 0.557 bits per heavy atom. The van der Waals surface area contributed by atoms with Crippen molar-refractivity contribution in [2.75, 3.05) is 39.3 Å². The van der Waals surface area contributed by atoms with Gasteiger partial charge < -0.3 is 9.80 Å². The van der Waals surface area contributed by atoms with Crippen LogP contribution in [0, 0.1) is 89.7 Å². The fourth-order valence-corrected chi connectivity index (χ4v) is 15.7. The van der Waals surface area contributed by atoms with E-state index < -0.39 is 0 Å². The van der Waals surface area contributed by atoms with Gasteiger partial charge in [0.25, 0.3) is 0 Å². The third-order valence-corrected chi connectivity index (χ3v) is 17.7. The van der Waals surface area contributed by atoms with Crippen molar-refractivity contribution in [3.05, 3.63) is 0 Å². The molecule has 5 aliphatic carbocycles. The van der Waals surface area contributed by atoms with Gasteiger partial charge in [0.2, 0.25) is 0 Å². The van der Waals surface area contributed by atoms with E-state index in [1.165, 1.54) is 245 Å². The van der Waals surface area contributed by atoms with Crippen molar-refractivity contribution in [3.63, 3.8) is 0 Å². The third kappa shape index (κ3) is 70.2. The number of rotatable bonds is 8. The molecule has 2 saturated heterocycles. The van der Waals surface area contributed by atoms with Crippen LogP contribution in [0.2, 0.25) is 0 Å². The Morgan fingerprint density at radius 1 is 0.227 bits per heavy atom. The van der Waals surface area contributed by atoms with Crippen LogP contribution in [0.4, 0.5) is 0 Å². The lowest BCUT2D eigenvalue weighted by atomic mass is 9.74. The van der Waals surface area contributed by atoms with Crippen molar-refractivity contribution in [1.82, 2.24) is 9.80 Å². The number of hydrogen-bond donors (Lipinski definition) is 0. The Bertz CT molecular complexity index is 1420. The second-order valence-corrected chi connectivity index (χ2v) is 43.5. The van der Waals surface area contributed by atoms with Crippen molar-refractivity contribution in [2.24, 2.45) is 89.7 Å². The molecule has 0 aromatic rings. The SMILES string of the molecule is CC(C)(C)CC(C)(C)C.CC(C)(C)CC1CC1.CC(C)(C)CC1CCC1.CC(C)(C)CC1CCCC1.CC(C)(C)CC1CCCCC1.CC(C)(C)CC1CCCCC1.CC(C)(C)CN1CCCCC1.CC(C)(C)CN1CCCCC1.CC(C)CC(C)(C)C. The molecule has 0 spiro atoms. The standard InChI is InChI=1S/2C11H22.2C10H21N.C10H20.C9H18.C9H20.C8H16.C8H18/c2*1-11(2,3)9-10-7-5-4-6-8-10;2*1-10(2,3)9-11-7-5-4-6-8-11;1-10(2,3)8-9-6-4-5-7-9;1-9(2,3)7-8-5-4-6-8;1-8(2,3)7-9(4,5)6;1-8(2,3)6-7-4-5-7;1-7(2)6-8(3,4)5/h2*10H,4-9H2,1-3H3;2*4-9H2,1-3H3;9H,4-8H2,1-3H3;8H,4-7H2,1-3H3;7H2,1-6H3;7H,4-6H2,1-3H3;7H,6H2,1-5H3. The van der Waals surface area contributed by atoms with Crippen molar-refractivity contribution < 1.29 is 0 Å². The molecular weight excluding hydrogens is 1060 g/mol. The lowest BCUT2D eigenvalue weighted by Crippen LogP contribution is -2.36. The zero-order chi connectivity index (χ0) is 68.5. The van der Waals surface area contributed by atoms with E-state index in [1.54, 1.807) is 0 Å². The zero-order valence-electron chi connectivity index (χ0n) is 68.2. The van der Waals surface area contributed by atoms with Crippen LogP contribution in [0.15, 0.2) is 0 Å². The maximum absolute atomic E-state index is 2.60. The monoisotopic (exact) mass is 1240 g/mol. The second-order valence-electron chi connectivity index (χ2n) is 43.5. The summed E-state index contributed by atoms with van der Waals surface area (Å²) >= 11 is 0. The van der Waals surface area contributed by atoms with Crippen LogP contribution in [0.25, 0.3) is 0 Å². The molecule has 0 aromatic carbocycles. The molecule has 0 aromatic heterocycles. The maximum atomic E-state index is 2.60. The summed E-state index contributed by atoms with van der Waals surface area (Å²) in [6.45, 7) is 82.1. The lowest BCUT2D eigenvalue weighted by molar-refractivity contribution is 0.164. The molecule has 0 radical (unpaired) electrons. The second kappa shape index (κ2) is 43.2. The molecule has 7 aliphatic rings. The first kappa shape index (κ1) is 90.0. The summed E-state index contributed by atoms with van der Waals surface area (Å²) in [5.41, 5.74) is 5.30. The quantitative estimate of drug-likeness (QED) is 0.239. The smallest absolute Gasteiger partial charge is 0.00300 e. The van der Waals surface area contributed by atoms with Gasteiger partial charge in [-0.1, -0.05) is 356 Å². The average Bonchev–Trinajstić information content (AvgIpc) is 3.98. The van der Waals surface area contributed by atoms with Crippen molar-refractivity contribution in [1.29, 1.82) is 0 Å². The predicted molar refractivity (Wildman–Crippen MR) is 407 cm³/mol. The minimum absolute atomic E-state index is 0.483. The summed E-state index contributed by atoms with van der Waals surface area (Å²) in [7, 11) is 0. The van der Waals surface area contributed by atoms with E-state index >= 15 is 0 Å². The lowest BCUT2D eigenvalue weighted by Gasteiger charge is -2.32. The Kier molecular flexibility index (Phi) is 44.1. The van der Waals surface area contributed by atoms with Crippen LogP contribution in [0.5, 0.6) is 0 Å². The first-order chi connectivity index (χ1) is 39.7. The maximum Gasteiger partial charge on any atom is 0.00300 e. The highest BCUT2D eigenvalue weighted by Crippen LogP contribution is 2.41. The minimum Gasteiger partial charge on any atom is -0.303 e. The molecule has 0 unspecified atom stereocenters. The summed E-state index contributed by atoms with van der Waals surface area (Å²) < 4.78 is 0. The van der Waals surface area contributed by atoms with Crippen LogP contribution in [0.3, 0.4) is 0 Å². The summed E-state index contributed by atoms with van der Waals surface area (Å²) in [6.07, 6.45) is 46.7. The molecule has 0 bridgehead atoms. The highest BCUT2D eigenvalue weighted by Gasteiger charge is 2.28. The molecule has 2 heteroatoms. The number of piperidine rings is 2. The first-order valence-corrected chi connectivity index (χ1v) is 39.1. The molecule has 5 saturated carbocycles. The van der Waals surface area contributed by atoms with E-state index in [9.17, 15) is 0 Å². The third-order valence-electron chi connectivity index (χ3n) is 17.7. The van der Waals surface area contributed by atoms with Crippen LogP contribution in [0.1, 0.15) is 427 Å². The Morgan fingerprint density at radius 2 is 0.432 bits per heavy atom. The highest BCUT2D eigenvalue weighted by molar-refractivity contribution is 4.80. The normalized spacial score (nSPS) is 20.3. The zero-order valence-corrected chi connectivity index (χ0v) is 68.2. The predicted octanol–water partition coefficient (Wildman–Crippen LogP) is 29.3. The molecule has 2 nitrogen and oxygen atoms in total. The summed E-state index contributed by atoms with van der Waals surface area (Å²) in [4.78, 5) is 5.20. The molecule has 0 N–H and O–H groups in total. The molecular formula is C86H178N2. The van der Waals surface area contributed by atoms with Gasteiger partial charge in [-0.2, -0.15) is 0 Å². The Labute approximate surface area is 562 Å². The fraction of sp³-hybridized carbons (Fsp3) is 1.00. The summed E-state index contributed by atoms with van der Waals surface area (Å²) in [5.74, 6) is 6.16. The van der Waals surface area contributed by atoms with Gasteiger partial charge in [0.05, 0.1) is 0 Å². The van der Waals surface area contributed by atoms with Crippen LogP contribution in [-0.2, 0) is 0 Å². The van der Waals surface area contributed by atoms with E-state index in [1.807, 2.05) is 0 Å². The van der Waals surface area contributed by atoms with Crippen molar-refractivity contribution in [2.45, 2.75) is 427 Å². The number of likely N-dealkylation sites (tertiary alicyclic amines) is 2. The van der Waals surface area contributed by atoms with Gasteiger partial charge in [0.1, 0.15) is 0 Å². The van der Waals surface area contributed by atoms with Gasteiger partial charge in [0.15, 0.2) is 0 Å². The van der Waals surface area contributed by atoms with Gasteiger partial charge in [-0.3, -0.25) is 0 Å².